The average molecular weight is 512 g/mol. The SMILES string of the molecule is O=C(NCCCSC1CCCCC1)C1CCN(Cc2nc(-c3ccc(Cl)cc3Cl)no2)CC1. The van der Waals surface area contributed by atoms with Gasteiger partial charge in [-0.2, -0.15) is 16.7 Å². The van der Waals surface area contributed by atoms with E-state index in [0.717, 1.165) is 49.9 Å². The zero-order chi connectivity index (χ0) is 23.0. The Morgan fingerprint density at radius 3 is 2.70 bits per heavy atom. The number of nitrogens with one attached hydrogen (secondary N) is 1. The van der Waals surface area contributed by atoms with Crippen molar-refractivity contribution in [2.45, 2.75) is 63.2 Å². The number of carbonyl (C=O) groups is 1. The number of hydrogen-bond acceptors (Lipinski definition) is 6. The first-order valence-electron chi connectivity index (χ1n) is 12.0. The molecule has 1 N–H and O–H groups in total. The molecule has 1 aliphatic heterocycles. The van der Waals surface area contributed by atoms with Gasteiger partial charge in [-0.3, -0.25) is 9.69 Å². The summed E-state index contributed by atoms with van der Waals surface area (Å²) in [6.45, 7) is 3.05. The molecule has 9 heteroatoms. The van der Waals surface area contributed by atoms with E-state index in [1.54, 1.807) is 18.2 Å². The topological polar surface area (TPSA) is 71.3 Å². The Morgan fingerprint density at radius 2 is 1.94 bits per heavy atom. The molecule has 1 saturated heterocycles. The number of benzene rings is 1. The van der Waals surface area contributed by atoms with Gasteiger partial charge in [-0.1, -0.05) is 47.6 Å². The molecule has 2 heterocycles. The van der Waals surface area contributed by atoms with Gasteiger partial charge in [-0.05, 0) is 69.1 Å². The van der Waals surface area contributed by atoms with Gasteiger partial charge in [0.25, 0.3) is 0 Å². The zero-order valence-corrected chi connectivity index (χ0v) is 21.2. The highest BCUT2D eigenvalue weighted by atomic mass is 35.5. The highest BCUT2D eigenvalue weighted by molar-refractivity contribution is 7.99. The summed E-state index contributed by atoms with van der Waals surface area (Å²) in [5.41, 5.74) is 0.698. The van der Waals surface area contributed by atoms with Crippen LogP contribution in [0.1, 0.15) is 57.3 Å². The Hall–Kier alpha value is -1.28. The predicted molar refractivity (Wildman–Crippen MR) is 135 cm³/mol. The van der Waals surface area contributed by atoms with Crippen molar-refractivity contribution < 1.29 is 9.32 Å². The van der Waals surface area contributed by atoms with E-state index in [0.29, 0.717) is 33.9 Å². The Labute approximate surface area is 210 Å². The van der Waals surface area contributed by atoms with E-state index in [-0.39, 0.29) is 11.8 Å². The van der Waals surface area contributed by atoms with Gasteiger partial charge < -0.3 is 9.84 Å². The molecule has 2 aliphatic rings. The standard InChI is InChI=1S/C24H32Cl2N4O2S/c25-18-7-8-20(21(26)15-18)23-28-22(32-29-23)16-30-12-9-17(10-13-30)24(31)27-11-4-14-33-19-5-2-1-3-6-19/h7-8,15,17,19H,1-6,9-14,16H2,(H,27,31). The summed E-state index contributed by atoms with van der Waals surface area (Å²) < 4.78 is 5.43. The van der Waals surface area contributed by atoms with Gasteiger partial charge in [0.05, 0.1) is 11.6 Å². The Bertz CT molecular complexity index is 912. The van der Waals surface area contributed by atoms with Gasteiger partial charge in [0.1, 0.15) is 0 Å². The van der Waals surface area contributed by atoms with Gasteiger partial charge in [-0.25, -0.2) is 0 Å². The Kier molecular flexibility index (Phi) is 9.35. The minimum atomic E-state index is 0.0957. The van der Waals surface area contributed by atoms with E-state index in [1.165, 1.54) is 32.1 Å². The van der Waals surface area contributed by atoms with Gasteiger partial charge >= 0.3 is 0 Å². The minimum absolute atomic E-state index is 0.0957. The molecule has 0 bridgehead atoms. The normalized spacial score (nSPS) is 18.5. The van der Waals surface area contributed by atoms with E-state index >= 15 is 0 Å². The minimum Gasteiger partial charge on any atom is -0.356 e. The second-order valence-corrected chi connectivity index (χ2v) is 11.2. The number of amides is 1. The molecule has 6 nitrogen and oxygen atoms in total. The van der Waals surface area contributed by atoms with E-state index in [9.17, 15) is 4.79 Å². The molecule has 4 rings (SSSR count). The lowest BCUT2D eigenvalue weighted by Crippen LogP contribution is -2.40. The van der Waals surface area contributed by atoms with Gasteiger partial charge in [0.15, 0.2) is 0 Å². The maximum Gasteiger partial charge on any atom is 0.241 e. The van der Waals surface area contributed by atoms with E-state index in [4.69, 9.17) is 27.7 Å². The third kappa shape index (κ3) is 7.35. The first-order valence-corrected chi connectivity index (χ1v) is 13.8. The summed E-state index contributed by atoms with van der Waals surface area (Å²) in [6.07, 6.45) is 9.68. The summed E-state index contributed by atoms with van der Waals surface area (Å²) in [5, 5.41) is 9.12. The lowest BCUT2D eigenvalue weighted by Gasteiger charge is -2.30. The summed E-state index contributed by atoms with van der Waals surface area (Å²) in [7, 11) is 0. The highest BCUT2D eigenvalue weighted by Crippen LogP contribution is 2.29. The molecule has 180 valence electrons. The van der Waals surface area contributed by atoms with Crippen molar-refractivity contribution in [3.8, 4) is 11.4 Å². The van der Waals surface area contributed by atoms with Crippen LogP contribution in [0.3, 0.4) is 0 Å². The van der Waals surface area contributed by atoms with E-state index in [1.807, 2.05) is 0 Å². The molecule has 2 fully saturated rings. The van der Waals surface area contributed by atoms with Crippen LogP contribution in [0.5, 0.6) is 0 Å². The van der Waals surface area contributed by atoms with Crippen LogP contribution < -0.4 is 5.32 Å². The molecular formula is C24H32Cl2N4O2S. The fraction of sp³-hybridized carbons (Fsp3) is 0.625. The van der Waals surface area contributed by atoms with Crippen LogP contribution in [0, 0.1) is 5.92 Å². The molecule has 33 heavy (non-hydrogen) atoms. The Balaban J connectivity index is 1.14. The molecule has 0 radical (unpaired) electrons. The highest BCUT2D eigenvalue weighted by Gasteiger charge is 2.26. The Morgan fingerprint density at radius 1 is 1.15 bits per heavy atom. The molecule has 0 spiro atoms. The third-order valence-electron chi connectivity index (χ3n) is 6.48. The second-order valence-electron chi connectivity index (χ2n) is 8.96. The van der Waals surface area contributed by atoms with E-state index < -0.39 is 0 Å². The van der Waals surface area contributed by atoms with Crippen LogP contribution in [0.25, 0.3) is 11.4 Å². The number of piperidine rings is 1. The fourth-order valence-electron chi connectivity index (χ4n) is 4.55. The number of carbonyl (C=O) groups excluding carboxylic acids is 1. The molecule has 1 aromatic heterocycles. The zero-order valence-electron chi connectivity index (χ0n) is 18.9. The molecule has 1 aliphatic carbocycles. The second kappa shape index (κ2) is 12.4. The van der Waals surface area contributed by atoms with Gasteiger partial charge in [0, 0.05) is 28.3 Å². The maximum atomic E-state index is 12.5. The van der Waals surface area contributed by atoms with E-state index in [2.05, 4.69) is 32.1 Å². The summed E-state index contributed by atoms with van der Waals surface area (Å²) in [4.78, 5) is 19.3. The molecule has 0 unspecified atom stereocenters. The molecule has 1 saturated carbocycles. The van der Waals surface area contributed by atoms with Crippen molar-refractivity contribution in [3.63, 3.8) is 0 Å². The van der Waals surface area contributed by atoms with Crippen molar-refractivity contribution in [2.75, 3.05) is 25.4 Å². The molecule has 1 amide bonds. The van der Waals surface area contributed by atoms with Crippen molar-refractivity contribution in [3.05, 3.63) is 34.1 Å². The number of aromatic nitrogens is 2. The number of nitrogens with zero attached hydrogens (tertiary/aromatic N) is 3. The summed E-state index contributed by atoms with van der Waals surface area (Å²) >= 11 is 14.3. The summed E-state index contributed by atoms with van der Waals surface area (Å²) in [6, 6.07) is 5.21. The summed E-state index contributed by atoms with van der Waals surface area (Å²) in [5.74, 6) is 2.46. The lowest BCUT2D eigenvalue weighted by atomic mass is 9.96. The van der Waals surface area contributed by atoms with Crippen LogP contribution in [-0.4, -0.2) is 51.6 Å². The molecular weight excluding hydrogens is 479 g/mol. The van der Waals surface area contributed by atoms with Crippen molar-refractivity contribution in [1.82, 2.24) is 20.4 Å². The van der Waals surface area contributed by atoms with Gasteiger partial charge in [-0.15, -0.1) is 0 Å². The average Bonchev–Trinajstić information content (AvgIpc) is 3.28. The molecule has 0 atom stereocenters. The lowest BCUT2D eigenvalue weighted by molar-refractivity contribution is -0.126. The molecule has 1 aromatic carbocycles. The van der Waals surface area contributed by atoms with Crippen LogP contribution in [0.4, 0.5) is 0 Å². The number of halogens is 2. The van der Waals surface area contributed by atoms with Crippen molar-refractivity contribution >= 4 is 40.9 Å². The van der Waals surface area contributed by atoms with Crippen LogP contribution in [0.15, 0.2) is 22.7 Å². The first kappa shape index (κ1) is 24.8. The number of likely N-dealkylation sites (tertiary alicyclic amines) is 1. The quantitative estimate of drug-likeness (QED) is 0.428. The number of thioether (sulfide) groups is 1. The monoisotopic (exact) mass is 510 g/mol. The van der Waals surface area contributed by atoms with Gasteiger partial charge in [0.2, 0.25) is 17.6 Å². The number of hydrogen-bond donors (Lipinski definition) is 1. The van der Waals surface area contributed by atoms with Crippen LogP contribution in [-0.2, 0) is 11.3 Å². The first-order chi connectivity index (χ1) is 16.1. The van der Waals surface area contributed by atoms with Crippen molar-refractivity contribution in [1.29, 1.82) is 0 Å². The third-order valence-corrected chi connectivity index (χ3v) is 8.50. The predicted octanol–water partition coefficient (Wildman–Crippen LogP) is 5.83. The van der Waals surface area contributed by atoms with Crippen molar-refractivity contribution in [2.24, 2.45) is 5.92 Å². The van der Waals surface area contributed by atoms with Crippen LogP contribution >= 0.6 is 35.0 Å². The smallest absolute Gasteiger partial charge is 0.241 e. The molecule has 2 aromatic rings. The maximum absolute atomic E-state index is 12.5. The fourth-order valence-corrected chi connectivity index (χ4v) is 6.36. The van der Waals surface area contributed by atoms with Crippen LogP contribution in [0.2, 0.25) is 10.0 Å². The number of rotatable bonds is 9. The largest absolute Gasteiger partial charge is 0.356 e.